The first kappa shape index (κ1) is 22.7. The molecular weight excluding hydrogens is 418 g/mol. The fraction of sp³-hybridized carbons (Fsp3) is 0.167. The molecule has 1 N–H and O–H groups in total. The number of hydrogen-bond donors (Lipinski definition) is 1. The molecule has 3 aromatic rings. The molecule has 32 heavy (non-hydrogen) atoms. The van der Waals surface area contributed by atoms with Crippen molar-refractivity contribution in [2.24, 2.45) is 0 Å². The van der Waals surface area contributed by atoms with Gasteiger partial charge in [0, 0.05) is 42.5 Å². The van der Waals surface area contributed by atoms with Crippen LogP contribution >= 0.6 is 0 Å². The third-order valence-corrected chi connectivity index (χ3v) is 4.59. The third kappa shape index (κ3) is 6.04. The molecule has 166 valence electrons. The van der Waals surface area contributed by atoms with Gasteiger partial charge in [0.1, 0.15) is 23.1 Å². The molecule has 0 aliphatic carbocycles. The van der Waals surface area contributed by atoms with Gasteiger partial charge in [-0.1, -0.05) is 12.1 Å². The second kappa shape index (κ2) is 10.4. The highest BCUT2D eigenvalue weighted by molar-refractivity contribution is 5.94. The Morgan fingerprint density at radius 2 is 1.72 bits per heavy atom. The Hall–Kier alpha value is -3.94. The van der Waals surface area contributed by atoms with Crippen LogP contribution in [0.3, 0.4) is 0 Å². The number of carbonyl (C=O) groups is 2. The number of rotatable bonds is 8. The molecule has 6 nitrogen and oxygen atoms in total. The van der Waals surface area contributed by atoms with Gasteiger partial charge in [-0.2, -0.15) is 0 Å². The normalized spacial score (nSPS) is 10.4. The predicted octanol–water partition coefficient (Wildman–Crippen LogP) is 4.26. The number of carbonyl (C=O) groups excluding carboxylic acids is 2. The Labute approximate surface area is 184 Å². The van der Waals surface area contributed by atoms with Crippen LogP contribution in [0.15, 0.2) is 66.7 Å². The topological polar surface area (TPSA) is 67.9 Å². The lowest BCUT2D eigenvalue weighted by Crippen LogP contribution is -2.26. The van der Waals surface area contributed by atoms with E-state index in [9.17, 15) is 18.4 Å². The van der Waals surface area contributed by atoms with Crippen molar-refractivity contribution in [3.8, 4) is 11.5 Å². The van der Waals surface area contributed by atoms with Gasteiger partial charge in [0.05, 0.1) is 7.11 Å². The van der Waals surface area contributed by atoms with E-state index in [1.54, 1.807) is 48.5 Å². The maximum Gasteiger partial charge on any atom is 0.262 e. The van der Waals surface area contributed by atoms with E-state index in [4.69, 9.17) is 9.47 Å². The molecule has 0 heterocycles. The van der Waals surface area contributed by atoms with Gasteiger partial charge in [0.15, 0.2) is 6.61 Å². The Kier molecular flexibility index (Phi) is 7.38. The number of ether oxygens (including phenoxy) is 2. The molecule has 3 rings (SSSR count). The molecule has 8 heteroatoms. The van der Waals surface area contributed by atoms with Crippen LogP contribution in [0.5, 0.6) is 11.5 Å². The minimum atomic E-state index is -0.708. The van der Waals surface area contributed by atoms with Gasteiger partial charge in [-0.15, -0.1) is 0 Å². The van der Waals surface area contributed by atoms with E-state index in [0.29, 0.717) is 22.7 Å². The third-order valence-electron chi connectivity index (χ3n) is 4.59. The van der Waals surface area contributed by atoms with Crippen LogP contribution in [0.4, 0.5) is 14.5 Å². The van der Waals surface area contributed by atoms with E-state index in [1.807, 2.05) is 0 Å². The molecule has 2 amide bonds. The van der Waals surface area contributed by atoms with Crippen LogP contribution in [-0.2, 0) is 11.3 Å². The maximum atomic E-state index is 13.8. The van der Waals surface area contributed by atoms with Crippen molar-refractivity contribution in [1.29, 1.82) is 0 Å². The zero-order chi connectivity index (χ0) is 23.1. The maximum absolute atomic E-state index is 13.8. The first-order valence-electron chi connectivity index (χ1n) is 9.72. The van der Waals surface area contributed by atoms with Gasteiger partial charge in [0.25, 0.3) is 11.8 Å². The fourth-order valence-electron chi connectivity index (χ4n) is 2.94. The second-order valence-electron chi connectivity index (χ2n) is 6.99. The number of nitrogens with zero attached hydrogens (tertiary/aromatic N) is 1. The zero-order valence-electron chi connectivity index (χ0n) is 17.6. The van der Waals surface area contributed by atoms with Crippen LogP contribution in [0.2, 0.25) is 0 Å². The van der Waals surface area contributed by atoms with Crippen molar-refractivity contribution < 1.29 is 27.8 Å². The fourth-order valence-corrected chi connectivity index (χ4v) is 2.94. The highest BCUT2D eigenvalue weighted by Gasteiger charge is 2.15. The quantitative estimate of drug-likeness (QED) is 0.568. The highest BCUT2D eigenvalue weighted by atomic mass is 19.1. The number of amides is 2. The summed E-state index contributed by atoms with van der Waals surface area (Å²) < 4.78 is 37.4. The first-order chi connectivity index (χ1) is 15.4. The Morgan fingerprint density at radius 1 is 0.969 bits per heavy atom. The van der Waals surface area contributed by atoms with Crippen LogP contribution in [0.25, 0.3) is 0 Å². The lowest BCUT2D eigenvalue weighted by molar-refractivity contribution is -0.118. The van der Waals surface area contributed by atoms with Crippen molar-refractivity contribution in [3.05, 3.63) is 89.5 Å². The molecule has 0 aliphatic rings. The molecule has 0 unspecified atom stereocenters. The average Bonchev–Trinajstić information content (AvgIpc) is 2.79. The van der Waals surface area contributed by atoms with Gasteiger partial charge < -0.3 is 19.7 Å². The van der Waals surface area contributed by atoms with Crippen molar-refractivity contribution in [2.75, 3.05) is 26.1 Å². The number of benzene rings is 3. The van der Waals surface area contributed by atoms with E-state index in [-0.39, 0.29) is 30.5 Å². The van der Waals surface area contributed by atoms with Gasteiger partial charge >= 0.3 is 0 Å². The number of hydrogen-bond acceptors (Lipinski definition) is 4. The van der Waals surface area contributed by atoms with Crippen LogP contribution in [0.1, 0.15) is 15.9 Å². The summed E-state index contributed by atoms with van der Waals surface area (Å²) in [5, 5.41) is 2.70. The van der Waals surface area contributed by atoms with Crippen molar-refractivity contribution in [1.82, 2.24) is 4.90 Å². The first-order valence-corrected chi connectivity index (χ1v) is 9.72. The van der Waals surface area contributed by atoms with E-state index < -0.39 is 11.6 Å². The summed E-state index contributed by atoms with van der Waals surface area (Å²) in [5.41, 5.74) is 1.16. The number of anilines is 1. The summed E-state index contributed by atoms with van der Waals surface area (Å²) in [7, 11) is 3.07. The summed E-state index contributed by atoms with van der Waals surface area (Å²) in [6.45, 7) is -0.220. The minimum absolute atomic E-state index is 0.00631. The summed E-state index contributed by atoms with van der Waals surface area (Å²) in [4.78, 5) is 26.0. The minimum Gasteiger partial charge on any atom is -0.497 e. The zero-order valence-corrected chi connectivity index (χ0v) is 17.6. The monoisotopic (exact) mass is 440 g/mol. The molecule has 0 fully saturated rings. The van der Waals surface area contributed by atoms with Gasteiger partial charge in [0.2, 0.25) is 0 Å². The molecule has 0 aromatic heterocycles. The number of halogens is 2. The summed E-state index contributed by atoms with van der Waals surface area (Å²) >= 11 is 0. The average molecular weight is 440 g/mol. The van der Waals surface area contributed by atoms with E-state index in [1.165, 1.54) is 25.1 Å². The summed E-state index contributed by atoms with van der Waals surface area (Å²) in [6.07, 6.45) is 0. The molecule has 0 aliphatic heterocycles. The van der Waals surface area contributed by atoms with Crippen molar-refractivity contribution in [2.45, 2.75) is 6.54 Å². The summed E-state index contributed by atoms with van der Waals surface area (Å²) in [6, 6.07) is 16.4. The number of methoxy groups -OCH3 is 1. The van der Waals surface area contributed by atoms with E-state index >= 15 is 0 Å². The predicted molar refractivity (Wildman–Crippen MR) is 116 cm³/mol. The smallest absolute Gasteiger partial charge is 0.262 e. The Bertz CT molecular complexity index is 1100. The van der Waals surface area contributed by atoms with Crippen molar-refractivity contribution in [3.63, 3.8) is 0 Å². The van der Waals surface area contributed by atoms with Crippen LogP contribution in [0, 0.1) is 11.6 Å². The Balaban J connectivity index is 1.53. The van der Waals surface area contributed by atoms with Gasteiger partial charge in [-0.05, 0) is 42.5 Å². The standard InChI is InChI=1S/C24H22F2N2O4/c1-28(14-17-6-9-18(25)12-22(17)26)24(30)16-7-10-20(11-8-16)32-15-23(29)27-19-4-3-5-21(13-19)31-2/h3-13H,14-15H2,1-2H3,(H,27,29). The van der Waals surface area contributed by atoms with Crippen LogP contribution in [-0.4, -0.2) is 37.5 Å². The van der Waals surface area contributed by atoms with Crippen molar-refractivity contribution >= 4 is 17.5 Å². The lowest BCUT2D eigenvalue weighted by Gasteiger charge is -2.18. The van der Waals surface area contributed by atoms with Gasteiger partial charge in [-0.3, -0.25) is 9.59 Å². The molecule has 0 radical (unpaired) electrons. The van der Waals surface area contributed by atoms with Gasteiger partial charge in [-0.25, -0.2) is 8.78 Å². The molecule has 3 aromatic carbocycles. The SMILES string of the molecule is COc1cccc(NC(=O)COc2ccc(C(=O)N(C)Cc3ccc(F)cc3F)cc2)c1. The molecule has 0 saturated heterocycles. The molecule has 0 bridgehead atoms. The lowest BCUT2D eigenvalue weighted by atomic mass is 10.1. The molecule has 0 atom stereocenters. The molecule has 0 saturated carbocycles. The highest BCUT2D eigenvalue weighted by Crippen LogP contribution is 2.18. The Morgan fingerprint density at radius 3 is 2.41 bits per heavy atom. The summed E-state index contributed by atoms with van der Waals surface area (Å²) in [5.74, 6) is -1.03. The van der Waals surface area contributed by atoms with Crippen LogP contribution < -0.4 is 14.8 Å². The molecular formula is C24H22F2N2O4. The second-order valence-corrected chi connectivity index (χ2v) is 6.99. The van der Waals surface area contributed by atoms with E-state index in [0.717, 1.165) is 12.1 Å². The molecule has 0 spiro atoms. The largest absolute Gasteiger partial charge is 0.497 e. The van der Waals surface area contributed by atoms with E-state index in [2.05, 4.69) is 5.32 Å². The number of nitrogens with one attached hydrogen (secondary N) is 1.